The Bertz CT molecular complexity index is 589. The Hall–Kier alpha value is -1.84. The van der Waals surface area contributed by atoms with Crippen molar-refractivity contribution < 1.29 is 9.59 Å². The van der Waals surface area contributed by atoms with Crippen LogP contribution in [0.2, 0.25) is 0 Å². The molecule has 0 atom stereocenters. The second kappa shape index (κ2) is 3.83. The fourth-order valence-electron chi connectivity index (χ4n) is 2.59. The summed E-state index contributed by atoms with van der Waals surface area (Å²) in [4.78, 5) is 32.5. The summed E-state index contributed by atoms with van der Waals surface area (Å²) in [5.41, 5.74) is 3.77. The summed E-state index contributed by atoms with van der Waals surface area (Å²) in [5, 5.41) is 0. The van der Waals surface area contributed by atoms with E-state index >= 15 is 0 Å². The number of hydrogen-bond acceptors (Lipinski definition) is 4. The van der Waals surface area contributed by atoms with Crippen LogP contribution < -0.4 is 0 Å². The Kier molecular flexibility index (Phi) is 2.40. The lowest BCUT2D eigenvalue weighted by Gasteiger charge is -2.04. The standard InChI is InChI=1S/C14H14N2O2/c1-7(2)13-14(18)8-3-4-10-9(5-11(8)16-13)12(17)6-15-10/h6-7H,3-5H2,1-2H3. The van der Waals surface area contributed by atoms with Gasteiger partial charge in [0.1, 0.15) is 0 Å². The molecule has 2 heterocycles. The fraction of sp³-hybridized carbons (Fsp3) is 0.429. The van der Waals surface area contributed by atoms with Gasteiger partial charge < -0.3 is 0 Å². The van der Waals surface area contributed by atoms with E-state index in [2.05, 4.69) is 9.98 Å². The van der Waals surface area contributed by atoms with Crippen LogP contribution >= 0.6 is 0 Å². The number of carbonyl (C=O) groups is 2. The molecule has 0 fully saturated rings. The maximum Gasteiger partial charge on any atom is 0.205 e. The smallest absolute Gasteiger partial charge is 0.205 e. The van der Waals surface area contributed by atoms with Crippen LogP contribution in [-0.4, -0.2) is 23.5 Å². The van der Waals surface area contributed by atoms with Crippen molar-refractivity contribution >= 4 is 23.5 Å². The molecule has 3 aliphatic rings. The normalized spacial score (nSPS) is 22.7. The second-order valence-corrected chi connectivity index (χ2v) is 5.13. The van der Waals surface area contributed by atoms with Crippen LogP contribution in [0.1, 0.15) is 33.1 Å². The summed E-state index contributed by atoms with van der Waals surface area (Å²) in [6.45, 7) is 3.94. The number of nitrogens with zero attached hydrogens (tertiary/aromatic N) is 2. The van der Waals surface area contributed by atoms with Gasteiger partial charge in [0.25, 0.3) is 0 Å². The molecule has 3 rings (SSSR count). The largest absolute Gasteiger partial charge is 0.288 e. The molecule has 2 aliphatic heterocycles. The average Bonchev–Trinajstić information content (AvgIpc) is 2.75. The Morgan fingerprint density at radius 2 is 1.89 bits per heavy atom. The molecule has 0 saturated heterocycles. The minimum absolute atomic E-state index is 0.0283. The molecule has 0 unspecified atom stereocenters. The van der Waals surface area contributed by atoms with Gasteiger partial charge in [-0.25, -0.2) is 0 Å². The predicted molar refractivity (Wildman–Crippen MR) is 68.7 cm³/mol. The summed E-state index contributed by atoms with van der Waals surface area (Å²) in [6.07, 6.45) is 3.16. The van der Waals surface area contributed by atoms with Crippen LogP contribution in [0.4, 0.5) is 0 Å². The van der Waals surface area contributed by atoms with Crippen LogP contribution in [0.15, 0.2) is 32.5 Å². The maximum atomic E-state index is 12.2. The van der Waals surface area contributed by atoms with Crippen molar-refractivity contribution in [3.8, 4) is 0 Å². The minimum Gasteiger partial charge on any atom is -0.288 e. The van der Waals surface area contributed by atoms with E-state index in [1.807, 2.05) is 13.8 Å². The van der Waals surface area contributed by atoms with E-state index in [4.69, 9.17) is 0 Å². The average molecular weight is 242 g/mol. The molecule has 4 nitrogen and oxygen atoms in total. The Morgan fingerprint density at radius 3 is 2.61 bits per heavy atom. The first-order valence-corrected chi connectivity index (χ1v) is 6.23. The molecule has 0 N–H and O–H groups in total. The number of Topliss-reactive ketones (excluding diaryl/α,β-unsaturated/α-hetero) is 2. The highest BCUT2D eigenvalue weighted by atomic mass is 16.1. The number of hydrogen-bond donors (Lipinski definition) is 0. The lowest BCUT2D eigenvalue weighted by Crippen LogP contribution is -2.18. The highest BCUT2D eigenvalue weighted by Gasteiger charge is 2.33. The van der Waals surface area contributed by atoms with Gasteiger partial charge in [0.2, 0.25) is 11.6 Å². The highest BCUT2D eigenvalue weighted by molar-refractivity contribution is 6.48. The third-order valence-electron chi connectivity index (χ3n) is 3.60. The molecule has 0 aromatic carbocycles. The van der Waals surface area contributed by atoms with Gasteiger partial charge in [-0.3, -0.25) is 19.6 Å². The Balaban J connectivity index is 1.97. The summed E-state index contributed by atoms with van der Waals surface area (Å²) in [6, 6.07) is 0. The van der Waals surface area contributed by atoms with Crippen LogP contribution in [0.25, 0.3) is 0 Å². The van der Waals surface area contributed by atoms with Crippen molar-refractivity contribution in [2.45, 2.75) is 33.1 Å². The van der Waals surface area contributed by atoms with Crippen LogP contribution in [0.5, 0.6) is 0 Å². The van der Waals surface area contributed by atoms with Crippen molar-refractivity contribution in [2.24, 2.45) is 15.9 Å². The van der Waals surface area contributed by atoms with Gasteiger partial charge >= 0.3 is 0 Å². The molecule has 0 radical (unpaired) electrons. The molecule has 0 amide bonds. The van der Waals surface area contributed by atoms with Crippen molar-refractivity contribution in [1.82, 2.24) is 0 Å². The lowest BCUT2D eigenvalue weighted by molar-refractivity contribution is -0.110. The number of rotatable bonds is 1. The molecule has 1 aliphatic carbocycles. The van der Waals surface area contributed by atoms with E-state index in [1.165, 1.54) is 6.21 Å². The van der Waals surface area contributed by atoms with Gasteiger partial charge in [-0.05, 0) is 18.8 Å². The molecule has 92 valence electrons. The maximum absolute atomic E-state index is 12.2. The molecule has 18 heavy (non-hydrogen) atoms. The van der Waals surface area contributed by atoms with E-state index in [9.17, 15) is 9.59 Å². The first kappa shape index (κ1) is 11.3. The lowest BCUT2D eigenvalue weighted by atomic mass is 9.97. The minimum atomic E-state index is -0.0283. The highest BCUT2D eigenvalue weighted by Crippen LogP contribution is 2.36. The molecule has 0 saturated carbocycles. The predicted octanol–water partition coefficient (Wildman–Crippen LogP) is 2.01. The molecule has 0 spiro atoms. The zero-order chi connectivity index (χ0) is 12.9. The molecule has 0 aromatic rings. The zero-order valence-electron chi connectivity index (χ0n) is 10.5. The molecule has 4 heteroatoms. The zero-order valence-corrected chi connectivity index (χ0v) is 10.5. The van der Waals surface area contributed by atoms with Crippen molar-refractivity contribution in [2.75, 3.05) is 0 Å². The van der Waals surface area contributed by atoms with E-state index in [-0.39, 0.29) is 17.5 Å². The quantitative estimate of drug-likeness (QED) is 0.706. The molecule has 0 bridgehead atoms. The monoisotopic (exact) mass is 242 g/mol. The van der Waals surface area contributed by atoms with E-state index < -0.39 is 0 Å². The number of aliphatic imine (C=N–C) groups is 2. The first-order valence-electron chi connectivity index (χ1n) is 6.23. The van der Waals surface area contributed by atoms with Gasteiger partial charge in [-0.15, -0.1) is 0 Å². The van der Waals surface area contributed by atoms with Crippen LogP contribution in [0.3, 0.4) is 0 Å². The van der Waals surface area contributed by atoms with E-state index in [0.717, 1.165) is 22.5 Å². The number of carbonyl (C=O) groups excluding carboxylic acids is 2. The fourth-order valence-corrected chi connectivity index (χ4v) is 2.59. The van der Waals surface area contributed by atoms with Gasteiger partial charge in [0.15, 0.2) is 0 Å². The third-order valence-corrected chi connectivity index (χ3v) is 3.60. The third kappa shape index (κ3) is 1.52. The van der Waals surface area contributed by atoms with Gasteiger partial charge in [0.05, 0.1) is 17.6 Å². The number of ketones is 2. The summed E-state index contributed by atoms with van der Waals surface area (Å²) >= 11 is 0. The van der Waals surface area contributed by atoms with Crippen LogP contribution in [0, 0.1) is 5.92 Å². The van der Waals surface area contributed by atoms with Crippen LogP contribution in [-0.2, 0) is 9.59 Å². The first-order chi connectivity index (χ1) is 8.58. The summed E-state index contributed by atoms with van der Waals surface area (Å²) in [5.74, 6) is 0.172. The summed E-state index contributed by atoms with van der Waals surface area (Å²) in [7, 11) is 0. The van der Waals surface area contributed by atoms with E-state index in [0.29, 0.717) is 25.0 Å². The summed E-state index contributed by atoms with van der Waals surface area (Å²) < 4.78 is 0. The molecular weight excluding hydrogens is 228 g/mol. The van der Waals surface area contributed by atoms with Gasteiger partial charge in [-0.1, -0.05) is 13.8 Å². The Labute approximate surface area is 105 Å². The number of allylic oxidation sites excluding steroid dienone is 3. The molecular formula is C14H14N2O2. The topological polar surface area (TPSA) is 58.9 Å². The van der Waals surface area contributed by atoms with Gasteiger partial charge in [-0.2, -0.15) is 0 Å². The van der Waals surface area contributed by atoms with E-state index in [1.54, 1.807) is 0 Å². The van der Waals surface area contributed by atoms with Crippen molar-refractivity contribution in [1.29, 1.82) is 0 Å². The molecule has 0 aromatic heterocycles. The van der Waals surface area contributed by atoms with Gasteiger partial charge in [0, 0.05) is 23.3 Å². The SMILES string of the molecule is CC(C)C1=NC2=C(CCC3=C(C2)C(=O)C=N3)C1=O. The Morgan fingerprint density at radius 1 is 1.11 bits per heavy atom. The van der Waals surface area contributed by atoms with Crippen molar-refractivity contribution in [3.05, 3.63) is 22.5 Å². The van der Waals surface area contributed by atoms with Crippen molar-refractivity contribution in [3.63, 3.8) is 0 Å². The second-order valence-electron chi connectivity index (χ2n) is 5.13.